The number of unbranched alkanes of at least 4 members (excludes halogenated alkanes) is 1. The van der Waals surface area contributed by atoms with E-state index in [4.69, 9.17) is 21.1 Å². The summed E-state index contributed by atoms with van der Waals surface area (Å²) in [5.41, 5.74) is 1.88. The molecule has 0 bridgehead atoms. The molecule has 0 unspecified atom stereocenters. The maximum atomic E-state index is 12.6. The van der Waals surface area contributed by atoms with Crippen molar-refractivity contribution in [3.05, 3.63) is 50.4 Å². The molecule has 5 nitrogen and oxygen atoms in total. The predicted octanol–water partition coefficient (Wildman–Crippen LogP) is 5.40. The van der Waals surface area contributed by atoms with Crippen LogP contribution in [0.4, 0.5) is 0 Å². The molecule has 2 aromatic heterocycles. The Labute approximate surface area is 178 Å². The van der Waals surface area contributed by atoms with Crippen LogP contribution in [0.25, 0.3) is 21.3 Å². The first-order valence-electron chi connectivity index (χ1n) is 9.83. The normalized spacial score (nSPS) is 13.7. The van der Waals surface area contributed by atoms with Crippen molar-refractivity contribution in [2.24, 2.45) is 0 Å². The highest BCUT2D eigenvalue weighted by Crippen LogP contribution is 2.35. The van der Waals surface area contributed by atoms with Gasteiger partial charge in [-0.2, -0.15) is 0 Å². The number of thiophene rings is 1. The summed E-state index contributed by atoms with van der Waals surface area (Å²) in [5.74, 6) is 1.73. The highest BCUT2D eigenvalue weighted by atomic mass is 35.5. The fraction of sp³-hybridized carbons (Fsp3) is 0.364. The summed E-state index contributed by atoms with van der Waals surface area (Å²) < 4.78 is 11.2. The van der Waals surface area contributed by atoms with Gasteiger partial charge in [-0.3, -0.25) is 4.79 Å². The first-order chi connectivity index (χ1) is 14.1. The third-order valence-electron chi connectivity index (χ3n) is 5.04. The number of benzene rings is 1. The van der Waals surface area contributed by atoms with Gasteiger partial charge in [0.2, 0.25) is 0 Å². The number of hydrogen-bond acceptors (Lipinski definition) is 5. The molecule has 0 radical (unpaired) electrons. The van der Waals surface area contributed by atoms with E-state index in [0.717, 1.165) is 53.4 Å². The van der Waals surface area contributed by atoms with Gasteiger partial charge in [0.1, 0.15) is 4.83 Å². The van der Waals surface area contributed by atoms with Gasteiger partial charge in [0, 0.05) is 4.88 Å². The van der Waals surface area contributed by atoms with E-state index in [1.165, 1.54) is 4.88 Å². The highest BCUT2D eigenvalue weighted by molar-refractivity contribution is 7.18. The molecule has 0 fully saturated rings. The zero-order valence-corrected chi connectivity index (χ0v) is 18.1. The van der Waals surface area contributed by atoms with Gasteiger partial charge in [-0.1, -0.05) is 31.0 Å². The molecule has 4 rings (SSSR count). The lowest BCUT2D eigenvalue weighted by Crippen LogP contribution is -2.10. The first-order valence-corrected chi connectivity index (χ1v) is 11.0. The molecule has 2 heterocycles. The molecule has 0 atom stereocenters. The molecule has 0 spiro atoms. The summed E-state index contributed by atoms with van der Waals surface area (Å²) >= 11 is 8.11. The lowest BCUT2D eigenvalue weighted by atomic mass is 10.1. The van der Waals surface area contributed by atoms with Crippen LogP contribution in [0.15, 0.2) is 23.0 Å². The van der Waals surface area contributed by atoms with E-state index in [1.807, 2.05) is 18.2 Å². The molecule has 1 aromatic carbocycles. The van der Waals surface area contributed by atoms with Gasteiger partial charge >= 0.3 is 0 Å². The molecule has 0 amide bonds. The van der Waals surface area contributed by atoms with Crippen molar-refractivity contribution < 1.29 is 9.47 Å². The largest absolute Gasteiger partial charge is 0.493 e. The first kappa shape index (κ1) is 20.0. The van der Waals surface area contributed by atoms with E-state index in [2.05, 4.69) is 16.9 Å². The number of nitrogens with zero attached hydrogens (tertiary/aromatic N) is 1. The van der Waals surface area contributed by atoms with Gasteiger partial charge in [-0.05, 0) is 55.0 Å². The molecule has 0 saturated heterocycles. The third kappa shape index (κ3) is 4.05. The van der Waals surface area contributed by atoms with Crippen LogP contribution in [-0.4, -0.2) is 23.7 Å². The van der Waals surface area contributed by atoms with E-state index < -0.39 is 0 Å². The summed E-state index contributed by atoms with van der Waals surface area (Å²) in [6.07, 6.45) is 6.92. The van der Waals surface area contributed by atoms with E-state index in [1.54, 1.807) is 24.5 Å². The fourth-order valence-electron chi connectivity index (χ4n) is 3.55. The summed E-state index contributed by atoms with van der Waals surface area (Å²) in [6, 6.07) is 5.64. The van der Waals surface area contributed by atoms with Crippen LogP contribution < -0.4 is 15.0 Å². The van der Waals surface area contributed by atoms with Gasteiger partial charge in [0.25, 0.3) is 5.56 Å². The SMILES string of the molecule is CCCCOc1ccc(/C=C(\Cl)c2nc3sc4c(c3c(=O)[nH]2)CCC4)cc1OC. The Morgan fingerprint density at radius 2 is 2.21 bits per heavy atom. The van der Waals surface area contributed by atoms with Crippen LogP contribution in [0.1, 0.15) is 48.0 Å². The number of aromatic nitrogens is 2. The van der Waals surface area contributed by atoms with Crippen LogP contribution in [0, 0.1) is 0 Å². The molecule has 29 heavy (non-hydrogen) atoms. The second-order valence-corrected chi connectivity index (χ2v) is 8.55. The topological polar surface area (TPSA) is 64.2 Å². The summed E-state index contributed by atoms with van der Waals surface area (Å²) in [6.45, 7) is 2.77. The number of nitrogens with one attached hydrogen (secondary N) is 1. The van der Waals surface area contributed by atoms with Crippen molar-refractivity contribution in [3.8, 4) is 11.5 Å². The lowest BCUT2D eigenvalue weighted by molar-refractivity contribution is 0.288. The second-order valence-electron chi connectivity index (χ2n) is 7.06. The minimum Gasteiger partial charge on any atom is -0.493 e. The second kappa shape index (κ2) is 8.59. The number of aryl methyl sites for hydroxylation is 2. The van der Waals surface area contributed by atoms with E-state index in [-0.39, 0.29) is 5.56 Å². The number of H-pyrrole nitrogens is 1. The number of rotatable bonds is 7. The molecule has 0 aliphatic heterocycles. The molecule has 7 heteroatoms. The van der Waals surface area contributed by atoms with Crippen molar-refractivity contribution in [2.45, 2.75) is 39.0 Å². The van der Waals surface area contributed by atoms with Crippen molar-refractivity contribution in [3.63, 3.8) is 0 Å². The maximum Gasteiger partial charge on any atom is 0.260 e. The standard InChI is InChI=1S/C22H23ClN2O3S/c1-3-4-10-28-16-9-8-13(12-17(16)27-2)11-15(23)20-24-21(26)19-14-6-5-7-18(14)29-22(19)25-20/h8-9,11-12H,3-7,10H2,1-2H3,(H,24,25,26)/b15-11-. The summed E-state index contributed by atoms with van der Waals surface area (Å²) in [7, 11) is 1.61. The van der Waals surface area contributed by atoms with Crippen molar-refractivity contribution in [1.82, 2.24) is 9.97 Å². The average Bonchev–Trinajstić information content (AvgIpc) is 3.29. The number of methoxy groups -OCH3 is 1. The average molecular weight is 431 g/mol. The fourth-order valence-corrected chi connectivity index (χ4v) is 5.03. The van der Waals surface area contributed by atoms with Gasteiger partial charge in [-0.15, -0.1) is 11.3 Å². The van der Waals surface area contributed by atoms with Gasteiger partial charge in [0.05, 0.1) is 24.1 Å². The number of hydrogen-bond donors (Lipinski definition) is 1. The van der Waals surface area contributed by atoms with Gasteiger partial charge < -0.3 is 14.5 Å². The van der Waals surface area contributed by atoms with Crippen molar-refractivity contribution >= 4 is 44.3 Å². The predicted molar refractivity (Wildman–Crippen MR) is 119 cm³/mol. The number of halogens is 1. The monoisotopic (exact) mass is 430 g/mol. The van der Waals surface area contributed by atoms with Crippen LogP contribution in [-0.2, 0) is 12.8 Å². The van der Waals surface area contributed by atoms with E-state index in [0.29, 0.717) is 29.0 Å². The zero-order chi connectivity index (χ0) is 20.4. The molecule has 1 N–H and O–H groups in total. The van der Waals surface area contributed by atoms with Crippen LogP contribution in [0.3, 0.4) is 0 Å². The van der Waals surface area contributed by atoms with Crippen LogP contribution >= 0.6 is 22.9 Å². The van der Waals surface area contributed by atoms with Crippen molar-refractivity contribution in [2.75, 3.05) is 13.7 Å². The highest BCUT2D eigenvalue weighted by Gasteiger charge is 2.21. The van der Waals surface area contributed by atoms with E-state index in [9.17, 15) is 4.79 Å². The number of fused-ring (bicyclic) bond motifs is 3. The molecule has 152 valence electrons. The Balaban J connectivity index is 1.64. The Bertz CT molecular complexity index is 1130. The van der Waals surface area contributed by atoms with Crippen LogP contribution in [0.5, 0.6) is 11.5 Å². The Morgan fingerprint density at radius 1 is 1.34 bits per heavy atom. The zero-order valence-electron chi connectivity index (χ0n) is 16.5. The van der Waals surface area contributed by atoms with Crippen LogP contribution in [0.2, 0.25) is 0 Å². The minimum absolute atomic E-state index is 0.117. The molecular weight excluding hydrogens is 408 g/mol. The maximum absolute atomic E-state index is 12.6. The molecule has 0 saturated carbocycles. The third-order valence-corrected chi connectivity index (χ3v) is 6.51. The Kier molecular flexibility index (Phi) is 5.92. The van der Waals surface area contributed by atoms with Gasteiger partial charge in [0.15, 0.2) is 17.3 Å². The summed E-state index contributed by atoms with van der Waals surface area (Å²) in [5, 5.41) is 1.10. The molecule has 1 aliphatic carbocycles. The molecule has 1 aliphatic rings. The van der Waals surface area contributed by atoms with Crippen molar-refractivity contribution in [1.29, 1.82) is 0 Å². The Hall–Kier alpha value is -2.31. The smallest absolute Gasteiger partial charge is 0.260 e. The Morgan fingerprint density at radius 3 is 3.00 bits per heavy atom. The number of aromatic amines is 1. The number of ether oxygens (including phenoxy) is 2. The molecule has 3 aromatic rings. The minimum atomic E-state index is -0.117. The lowest BCUT2D eigenvalue weighted by Gasteiger charge is -2.11. The quantitative estimate of drug-likeness (QED) is 0.510. The van der Waals surface area contributed by atoms with Gasteiger partial charge in [-0.25, -0.2) is 4.98 Å². The molecular formula is C22H23ClN2O3S. The van der Waals surface area contributed by atoms with E-state index >= 15 is 0 Å². The summed E-state index contributed by atoms with van der Waals surface area (Å²) in [4.78, 5) is 22.1.